The summed E-state index contributed by atoms with van der Waals surface area (Å²) in [7, 11) is 0. The van der Waals surface area contributed by atoms with Gasteiger partial charge in [0.2, 0.25) is 5.91 Å². The molecule has 1 fully saturated rings. The zero-order chi connectivity index (χ0) is 14.5. The third-order valence-electron chi connectivity index (χ3n) is 3.04. The highest BCUT2D eigenvalue weighted by Crippen LogP contribution is 2.20. The topological polar surface area (TPSA) is 79.5 Å². The number of rotatable bonds is 3. The second-order valence-electron chi connectivity index (χ2n) is 4.76. The number of hydrogen-bond donors (Lipinski definition) is 3. The Kier molecular flexibility index (Phi) is 6.61. The first-order chi connectivity index (χ1) is 9.56. The number of benzene rings is 1. The van der Waals surface area contributed by atoms with Gasteiger partial charge in [-0.3, -0.25) is 9.59 Å². The predicted molar refractivity (Wildman–Crippen MR) is 84.0 cm³/mol. The van der Waals surface area contributed by atoms with Gasteiger partial charge in [-0.2, -0.15) is 0 Å². The lowest BCUT2D eigenvalue weighted by Crippen LogP contribution is -2.45. The molecule has 0 bridgehead atoms. The van der Waals surface area contributed by atoms with Crippen molar-refractivity contribution in [1.29, 1.82) is 0 Å². The molecule has 1 unspecified atom stereocenters. The minimum Gasteiger partial charge on any atom is -0.366 e. The van der Waals surface area contributed by atoms with Crippen LogP contribution in [0.4, 0.5) is 11.4 Å². The summed E-state index contributed by atoms with van der Waals surface area (Å²) in [4.78, 5) is 23.1. The van der Waals surface area contributed by atoms with Crippen molar-refractivity contribution in [2.24, 2.45) is 0 Å². The van der Waals surface area contributed by atoms with Gasteiger partial charge in [-0.15, -0.1) is 12.4 Å². The normalized spacial score (nSPS) is 17.5. The van der Waals surface area contributed by atoms with Crippen molar-refractivity contribution in [2.75, 3.05) is 30.3 Å². The molecule has 1 aliphatic rings. The minimum absolute atomic E-state index is 0. The van der Waals surface area contributed by atoms with Gasteiger partial charge >= 0.3 is 0 Å². The van der Waals surface area contributed by atoms with E-state index in [-0.39, 0.29) is 24.2 Å². The summed E-state index contributed by atoms with van der Waals surface area (Å²) >= 11 is 0. The van der Waals surface area contributed by atoms with Crippen LogP contribution in [-0.4, -0.2) is 37.6 Å². The van der Waals surface area contributed by atoms with E-state index in [0.717, 1.165) is 12.1 Å². The number of amides is 2. The van der Waals surface area contributed by atoms with Crippen LogP contribution in [-0.2, 0) is 14.3 Å². The Bertz CT molecular complexity index is 516. The quantitative estimate of drug-likeness (QED) is 0.786. The molecule has 0 aliphatic carbocycles. The van der Waals surface area contributed by atoms with Crippen LogP contribution in [0.5, 0.6) is 0 Å². The van der Waals surface area contributed by atoms with E-state index in [1.807, 2.05) is 13.0 Å². The number of halogens is 1. The van der Waals surface area contributed by atoms with Crippen molar-refractivity contribution < 1.29 is 14.3 Å². The SMILES string of the molecule is CC(=O)Nc1ccc(C)c(NC(=O)C2CNCCO2)c1.Cl. The van der Waals surface area contributed by atoms with Crippen molar-refractivity contribution in [1.82, 2.24) is 5.32 Å². The molecule has 7 heteroatoms. The van der Waals surface area contributed by atoms with Gasteiger partial charge in [-0.25, -0.2) is 0 Å². The van der Waals surface area contributed by atoms with Gasteiger partial charge in [-0.1, -0.05) is 6.07 Å². The van der Waals surface area contributed by atoms with E-state index in [1.165, 1.54) is 6.92 Å². The Morgan fingerprint density at radius 3 is 2.71 bits per heavy atom. The lowest BCUT2D eigenvalue weighted by Gasteiger charge is -2.23. The largest absolute Gasteiger partial charge is 0.366 e. The van der Waals surface area contributed by atoms with Gasteiger partial charge in [-0.05, 0) is 24.6 Å². The average Bonchev–Trinajstić information content (AvgIpc) is 2.43. The zero-order valence-electron chi connectivity index (χ0n) is 12.1. The standard InChI is InChI=1S/C14H19N3O3.ClH/c1-9-3-4-11(16-10(2)18)7-12(9)17-14(19)13-8-15-5-6-20-13;/h3-4,7,13,15H,5-6,8H2,1-2H3,(H,16,18)(H,17,19);1H. The van der Waals surface area contributed by atoms with Crippen molar-refractivity contribution in [3.8, 4) is 0 Å². The molecule has 1 heterocycles. The fourth-order valence-corrected chi connectivity index (χ4v) is 1.98. The van der Waals surface area contributed by atoms with Crippen LogP contribution in [0.15, 0.2) is 18.2 Å². The van der Waals surface area contributed by atoms with Crippen LogP contribution in [0, 0.1) is 6.92 Å². The molecule has 1 aromatic rings. The Balaban J connectivity index is 0.00000220. The number of ether oxygens (including phenoxy) is 1. The first-order valence-corrected chi connectivity index (χ1v) is 6.57. The number of aryl methyl sites for hydroxylation is 1. The number of anilines is 2. The maximum absolute atomic E-state index is 12.1. The monoisotopic (exact) mass is 313 g/mol. The van der Waals surface area contributed by atoms with E-state index in [4.69, 9.17) is 4.74 Å². The molecule has 0 radical (unpaired) electrons. The molecule has 6 nitrogen and oxygen atoms in total. The highest BCUT2D eigenvalue weighted by Gasteiger charge is 2.22. The lowest BCUT2D eigenvalue weighted by molar-refractivity contribution is -0.128. The first kappa shape index (κ1) is 17.4. The molecule has 1 aliphatic heterocycles. The van der Waals surface area contributed by atoms with Crippen molar-refractivity contribution in [3.63, 3.8) is 0 Å². The molecule has 1 atom stereocenters. The molecule has 116 valence electrons. The third-order valence-corrected chi connectivity index (χ3v) is 3.04. The number of hydrogen-bond acceptors (Lipinski definition) is 4. The summed E-state index contributed by atoms with van der Waals surface area (Å²) in [6.45, 7) is 5.15. The van der Waals surface area contributed by atoms with Gasteiger partial charge in [0.25, 0.3) is 5.91 Å². The maximum Gasteiger partial charge on any atom is 0.254 e. The molecule has 3 N–H and O–H groups in total. The fraction of sp³-hybridized carbons (Fsp3) is 0.429. The first-order valence-electron chi connectivity index (χ1n) is 6.57. The van der Waals surface area contributed by atoms with Crippen LogP contribution in [0.1, 0.15) is 12.5 Å². The van der Waals surface area contributed by atoms with Gasteiger partial charge in [0.05, 0.1) is 6.61 Å². The Morgan fingerprint density at radius 2 is 2.10 bits per heavy atom. The molecule has 1 saturated heterocycles. The molecular weight excluding hydrogens is 294 g/mol. The number of carbonyl (C=O) groups excluding carboxylic acids is 2. The molecule has 0 aromatic heterocycles. The van der Waals surface area contributed by atoms with Gasteiger partial charge in [0.15, 0.2) is 0 Å². The number of morpholine rings is 1. The number of nitrogens with one attached hydrogen (secondary N) is 3. The summed E-state index contributed by atoms with van der Waals surface area (Å²) in [6.07, 6.45) is -0.479. The molecule has 21 heavy (non-hydrogen) atoms. The average molecular weight is 314 g/mol. The second-order valence-corrected chi connectivity index (χ2v) is 4.76. The van der Waals surface area contributed by atoms with Crippen molar-refractivity contribution in [3.05, 3.63) is 23.8 Å². The zero-order valence-corrected chi connectivity index (χ0v) is 12.9. The third kappa shape index (κ3) is 5.00. The molecule has 2 rings (SSSR count). The Labute approximate surface area is 130 Å². The summed E-state index contributed by atoms with van der Waals surface area (Å²) in [5, 5.41) is 8.64. The van der Waals surface area contributed by atoms with E-state index >= 15 is 0 Å². The number of carbonyl (C=O) groups is 2. The summed E-state index contributed by atoms with van der Waals surface area (Å²) in [5.74, 6) is -0.328. The van der Waals surface area contributed by atoms with Crippen LogP contribution in [0.2, 0.25) is 0 Å². The molecule has 2 amide bonds. The van der Waals surface area contributed by atoms with Crippen LogP contribution < -0.4 is 16.0 Å². The molecular formula is C14H20ClN3O3. The Hall–Kier alpha value is -1.63. The Morgan fingerprint density at radius 1 is 1.33 bits per heavy atom. The fourth-order valence-electron chi connectivity index (χ4n) is 1.98. The maximum atomic E-state index is 12.1. The van der Waals surface area contributed by atoms with Crippen molar-refractivity contribution >= 4 is 35.6 Å². The van der Waals surface area contributed by atoms with Gasteiger partial charge in [0.1, 0.15) is 6.10 Å². The van der Waals surface area contributed by atoms with Gasteiger partial charge in [0, 0.05) is 31.4 Å². The van der Waals surface area contributed by atoms with E-state index < -0.39 is 6.10 Å². The second kappa shape index (κ2) is 7.97. The van der Waals surface area contributed by atoms with Crippen LogP contribution >= 0.6 is 12.4 Å². The van der Waals surface area contributed by atoms with Crippen LogP contribution in [0.3, 0.4) is 0 Å². The molecule has 0 spiro atoms. The minimum atomic E-state index is -0.479. The summed E-state index contributed by atoms with van der Waals surface area (Å²) in [5.41, 5.74) is 2.26. The predicted octanol–water partition coefficient (Wildman–Crippen LogP) is 1.30. The van der Waals surface area contributed by atoms with E-state index in [9.17, 15) is 9.59 Å². The molecule has 1 aromatic carbocycles. The van der Waals surface area contributed by atoms with E-state index in [1.54, 1.807) is 12.1 Å². The molecule has 0 saturated carbocycles. The van der Waals surface area contributed by atoms with E-state index in [2.05, 4.69) is 16.0 Å². The van der Waals surface area contributed by atoms with Crippen LogP contribution in [0.25, 0.3) is 0 Å². The van der Waals surface area contributed by atoms with Crippen molar-refractivity contribution in [2.45, 2.75) is 20.0 Å². The highest BCUT2D eigenvalue weighted by atomic mass is 35.5. The summed E-state index contributed by atoms with van der Waals surface area (Å²) < 4.78 is 5.40. The van der Waals surface area contributed by atoms with E-state index in [0.29, 0.717) is 24.5 Å². The van der Waals surface area contributed by atoms with Gasteiger partial charge < -0.3 is 20.7 Å². The highest BCUT2D eigenvalue weighted by molar-refractivity contribution is 5.96. The smallest absolute Gasteiger partial charge is 0.254 e. The summed E-state index contributed by atoms with van der Waals surface area (Å²) in [6, 6.07) is 5.39. The lowest BCUT2D eigenvalue weighted by atomic mass is 10.1.